The summed E-state index contributed by atoms with van der Waals surface area (Å²) in [5.41, 5.74) is 3.10. The molecule has 0 bridgehead atoms. The topological polar surface area (TPSA) is 0 Å². The SMILES string of the molecule is CC1C[C@@]12C1CCCC=C1C=CC21CC1. The Balaban J connectivity index is 1.85. The van der Waals surface area contributed by atoms with Gasteiger partial charge in [-0.25, -0.2) is 0 Å². The molecule has 0 aromatic rings. The maximum Gasteiger partial charge on any atom is -0.00495 e. The van der Waals surface area contributed by atoms with Crippen molar-refractivity contribution in [1.29, 1.82) is 0 Å². The highest BCUT2D eigenvalue weighted by atomic mass is 14.8. The van der Waals surface area contributed by atoms with Gasteiger partial charge in [-0.05, 0) is 66.8 Å². The maximum atomic E-state index is 2.59. The highest BCUT2D eigenvalue weighted by Crippen LogP contribution is 2.80. The molecular formula is C15H20. The highest BCUT2D eigenvalue weighted by molar-refractivity contribution is 5.41. The first-order valence-electron chi connectivity index (χ1n) is 6.68. The zero-order chi connectivity index (χ0) is 10.1. The lowest BCUT2D eigenvalue weighted by Gasteiger charge is -2.40. The van der Waals surface area contributed by atoms with Gasteiger partial charge in [0.25, 0.3) is 0 Å². The maximum absolute atomic E-state index is 2.59. The summed E-state index contributed by atoms with van der Waals surface area (Å²) in [6, 6.07) is 0. The molecule has 3 atom stereocenters. The molecule has 0 heteroatoms. The quantitative estimate of drug-likeness (QED) is 0.552. The Kier molecular flexibility index (Phi) is 1.39. The van der Waals surface area contributed by atoms with Crippen LogP contribution in [-0.4, -0.2) is 0 Å². The molecule has 80 valence electrons. The fourth-order valence-corrected chi connectivity index (χ4v) is 4.79. The Hall–Kier alpha value is -0.520. The van der Waals surface area contributed by atoms with E-state index in [0.717, 1.165) is 17.3 Å². The molecule has 15 heavy (non-hydrogen) atoms. The van der Waals surface area contributed by atoms with Crippen molar-refractivity contribution in [3.63, 3.8) is 0 Å². The Bertz CT molecular complexity index is 369. The number of rotatable bonds is 0. The average molecular weight is 200 g/mol. The predicted octanol–water partition coefficient (Wildman–Crippen LogP) is 4.09. The van der Waals surface area contributed by atoms with Crippen molar-refractivity contribution in [2.75, 3.05) is 0 Å². The Morgan fingerprint density at radius 1 is 1.33 bits per heavy atom. The lowest BCUT2D eigenvalue weighted by molar-refractivity contribution is 0.198. The van der Waals surface area contributed by atoms with Crippen LogP contribution >= 0.6 is 0 Å². The number of fused-ring (bicyclic) bond motifs is 3. The molecule has 0 heterocycles. The van der Waals surface area contributed by atoms with E-state index in [2.05, 4.69) is 25.2 Å². The van der Waals surface area contributed by atoms with Crippen molar-refractivity contribution in [1.82, 2.24) is 0 Å². The van der Waals surface area contributed by atoms with Crippen molar-refractivity contribution in [3.05, 3.63) is 23.8 Å². The van der Waals surface area contributed by atoms with Crippen molar-refractivity contribution in [3.8, 4) is 0 Å². The van der Waals surface area contributed by atoms with Crippen molar-refractivity contribution in [2.24, 2.45) is 22.7 Å². The molecule has 0 N–H and O–H groups in total. The van der Waals surface area contributed by atoms with Gasteiger partial charge in [0.15, 0.2) is 0 Å². The van der Waals surface area contributed by atoms with Crippen LogP contribution in [-0.2, 0) is 0 Å². The molecule has 0 aliphatic heterocycles. The third kappa shape index (κ3) is 0.859. The van der Waals surface area contributed by atoms with Crippen molar-refractivity contribution in [2.45, 2.75) is 45.4 Å². The highest BCUT2D eigenvalue weighted by Gasteiger charge is 2.72. The molecular weight excluding hydrogens is 180 g/mol. The van der Waals surface area contributed by atoms with Gasteiger partial charge in [-0.3, -0.25) is 0 Å². The van der Waals surface area contributed by atoms with Gasteiger partial charge in [0.2, 0.25) is 0 Å². The van der Waals surface area contributed by atoms with E-state index >= 15 is 0 Å². The summed E-state index contributed by atoms with van der Waals surface area (Å²) in [6.07, 6.45) is 16.3. The molecule has 2 saturated carbocycles. The van der Waals surface area contributed by atoms with Crippen LogP contribution in [0, 0.1) is 22.7 Å². The van der Waals surface area contributed by atoms with Gasteiger partial charge in [-0.1, -0.05) is 25.2 Å². The zero-order valence-corrected chi connectivity index (χ0v) is 9.63. The van der Waals surface area contributed by atoms with Gasteiger partial charge >= 0.3 is 0 Å². The van der Waals surface area contributed by atoms with Crippen LogP contribution in [0.5, 0.6) is 0 Å². The van der Waals surface area contributed by atoms with Gasteiger partial charge in [-0.15, -0.1) is 0 Å². The van der Waals surface area contributed by atoms with Crippen molar-refractivity contribution < 1.29 is 0 Å². The summed E-state index contributed by atoms with van der Waals surface area (Å²) in [5, 5.41) is 0. The van der Waals surface area contributed by atoms with E-state index in [0.29, 0.717) is 5.41 Å². The molecule has 4 aliphatic carbocycles. The monoisotopic (exact) mass is 200 g/mol. The van der Waals surface area contributed by atoms with E-state index in [-0.39, 0.29) is 0 Å². The Morgan fingerprint density at radius 2 is 2.13 bits per heavy atom. The summed E-state index contributed by atoms with van der Waals surface area (Å²) in [7, 11) is 0. The molecule has 2 fully saturated rings. The van der Waals surface area contributed by atoms with Crippen LogP contribution in [0.1, 0.15) is 45.4 Å². The van der Waals surface area contributed by atoms with E-state index in [1.807, 2.05) is 0 Å². The van der Waals surface area contributed by atoms with Crippen LogP contribution in [0.25, 0.3) is 0 Å². The fraction of sp³-hybridized carbons (Fsp3) is 0.733. The standard InChI is InChI=1S/C15H20/c1-11-10-15(11)13-5-3-2-4-12(13)6-7-14(15)8-9-14/h4,6-7,11,13H,2-3,5,8-10H2,1H3/t11?,13?,15-/m0/s1. The third-order valence-electron chi connectivity index (χ3n) is 5.77. The van der Waals surface area contributed by atoms with E-state index in [1.165, 1.54) is 38.5 Å². The lowest BCUT2D eigenvalue weighted by Crippen LogP contribution is -2.32. The van der Waals surface area contributed by atoms with Gasteiger partial charge in [0, 0.05) is 0 Å². The largest absolute Gasteiger partial charge is 0.0810 e. The molecule has 2 unspecified atom stereocenters. The van der Waals surface area contributed by atoms with E-state index < -0.39 is 0 Å². The molecule has 4 rings (SSSR count). The summed E-state index contributed by atoms with van der Waals surface area (Å²) in [5.74, 6) is 1.94. The molecule has 0 radical (unpaired) electrons. The molecule has 0 amide bonds. The average Bonchev–Trinajstić information content (AvgIpc) is 3.13. The van der Waals surface area contributed by atoms with E-state index in [4.69, 9.17) is 0 Å². The first-order valence-corrected chi connectivity index (χ1v) is 6.68. The van der Waals surface area contributed by atoms with Gasteiger partial charge in [0.05, 0.1) is 0 Å². The molecule has 4 aliphatic rings. The minimum Gasteiger partial charge on any atom is -0.0810 e. The number of hydrogen-bond acceptors (Lipinski definition) is 0. The van der Waals surface area contributed by atoms with Crippen molar-refractivity contribution >= 4 is 0 Å². The van der Waals surface area contributed by atoms with Crippen LogP contribution in [0.3, 0.4) is 0 Å². The Labute approximate surface area is 92.4 Å². The third-order valence-corrected chi connectivity index (χ3v) is 5.77. The normalized spacial score (nSPS) is 49.0. The van der Waals surface area contributed by atoms with Gasteiger partial charge < -0.3 is 0 Å². The van der Waals surface area contributed by atoms with E-state index in [9.17, 15) is 0 Å². The molecule has 0 saturated heterocycles. The molecule has 2 spiro atoms. The molecule has 0 aromatic heterocycles. The fourth-order valence-electron chi connectivity index (χ4n) is 4.79. The van der Waals surface area contributed by atoms with Gasteiger partial charge in [-0.2, -0.15) is 0 Å². The van der Waals surface area contributed by atoms with Crippen LogP contribution < -0.4 is 0 Å². The smallest absolute Gasteiger partial charge is 0.00495 e. The summed E-state index contributed by atoms with van der Waals surface area (Å²) >= 11 is 0. The number of allylic oxidation sites excluding steroid dienone is 4. The first kappa shape index (κ1) is 8.61. The summed E-state index contributed by atoms with van der Waals surface area (Å²) < 4.78 is 0. The molecule has 0 nitrogen and oxygen atoms in total. The minimum atomic E-state index is 0.672. The Morgan fingerprint density at radius 3 is 2.80 bits per heavy atom. The minimum absolute atomic E-state index is 0.672. The summed E-state index contributed by atoms with van der Waals surface area (Å²) in [4.78, 5) is 0. The predicted molar refractivity (Wildman–Crippen MR) is 62.4 cm³/mol. The van der Waals surface area contributed by atoms with Crippen LogP contribution in [0.15, 0.2) is 23.8 Å². The molecule has 0 aromatic carbocycles. The second-order valence-corrected chi connectivity index (χ2v) is 6.32. The van der Waals surface area contributed by atoms with E-state index in [1.54, 1.807) is 5.57 Å². The van der Waals surface area contributed by atoms with Gasteiger partial charge in [0.1, 0.15) is 0 Å². The van der Waals surface area contributed by atoms with Crippen LogP contribution in [0.2, 0.25) is 0 Å². The number of hydrogen-bond donors (Lipinski definition) is 0. The van der Waals surface area contributed by atoms with Crippen LogP contribution in [0.4, 0.5) is 0 Å². The zero-order valence-electron chi connectivity index (χ0n) is 9.63. The lowest BCUT2D eigenvalue weighted by atomic mass is 9.64. The first-order chi connectivity index (χ1) is 7.29. The summed E-state index contributed by atoms with van der Waals surface area (Å²) in [6.45, 7) is 2.49. The second-order valence-electron chi connectivity index (χ2n) is 6.32. The second kappa shape index (κ2) is 2.42.